The highest BCUT2D eigenvalue weighted by molar-refractivity contribution is 9.10. The average Bonchev–Trinajstić information content (AvgIpc) is 3.13. The molecular formula is C18H16BrFN2O2S. The number of halogens is 2. The topological polar surface area (TPSA) is 43.4 Å². The zero-order chi connectivity index (χ0) is 17.6. The fraction of sp³-hybridized carbons (Fsp3) is 0.167. The monoisotopic (exact) mass is 422 g/mol. The lowest BCUT2D eigenvalue weighted by molar-refractivity contribution is 0.279. The molecule has 0 unspecified atom stereocenters. The molecule has 0 aliphatic heterocycles. The molecule has 0 saturated heterocycles. The minimum absolute atomic E-state index is 0.131. The van der Waals surface area contributed by atoms with Crippen molar-refractivity contribution >= 4 is 32.4 Å². The van der Waals surface area contributed by atoms with E-state index in [4.69, 9.17) is 9.47 Å². The predicted octanol–water partition coefficient (Wildman–Crippen LogP) is 5.24. The molecule has 0 fully saturated rings. The number of aromatic nitrogens is 1. The molecule has 2 aromatic carbocycles. The van der Waals surface area contributed by atoms with Crippen molar-refractivity contribution in [2.24, 2.45) is 0 Å². The van der Waals surface area contributed by atoms with Crippen LogP contribution in [0.15, 0.2) is 52.4 Å². The molecule has 3 rings (SSSR count). The summed E-state index contributed by atoms with van der Waals surface area (Å²) in [6.45, 7) is 0.726. The van der Waals surface area contributed by atoms with Crippen LogP contribution in [0.2, 0.25) is 0 Å². The molecule has 3 aromatic rings. The molecule has 25 heavy (non-hydrogen) atoms. The molecule has 0 aliphatic carbocycles. The van der Waals surface area contributed by atoms with Gasteiger partial charge in [-0.25, -0.2) is 9.37 Å². The quantitative estimate of drug-likeness (QED) is 0.564. The first-order chi connectivity index (χ1) is 12.2. The van der Waals surface area contributed by atoms with Gasteiger partial charge in [0.2, 0.25) is 0 Å². The number of hydrogen-bond acceptors (Lipinski definition) is 5. The van der Waals surface area contributed by atoms with E-state index in [0.29, 0.717) is 23.6 Å². The molecule has 0 bridgehead atoms. The first-order valence-corrected chi connectivity index (χ1v) is 9.20. The van der Waals surface area contributed by atoms with Crippen molar-refractivity contribution in [3.63, 3.8) is 0 Å². The Hall–Kier alpha value is -2.12. The average molecular weight is 423 g/mol. The van der Waals surface area contributed by atoms with E-state index in [9.17, 15) is 4.39 Å². The molecule has 1 N–H and O–H groups in total. The fourth-order valence-corrected chi connectivity index (χ4v) is 3.23. The van der Waals surface area contributed by atoms with E-state index in [2.05, 4.69) is 26.2 Å². The van der Waals surface area contributed by atoms with Gasteiger partial charge in [0, 0.05) is 28.2 Å². The van der Waals surface area contributed by atoms with E-state index in [-0.39, 0.29) is 12.4 Å². The van der Waals surface area contributed by atoms with Gasteiger partial charge >= 0.3 is 0 Å². The van der Waals surface area contributed by atoms with Crippen molar-refractivity contribution in [2.75, 3.05) is 12.4 Å². The molecule has 130 valence electrons. The number of ether oxygens (including phenoxy) is 2. The summed E-state index contributed by atoms with van der Waals surface area (Å²) >= 11 is 5.09. The third-order valence-electron chi connectivity index (χ3n) is 3.54. The number of thiazole rings is 1. The lowest BCUT2D eigenvalue weighted by Gasteiger charge is -2.14. The first-order valence-electron chi connectivity index (χ1n) is 7.53. The van der Waals surface area contributed by atoms with Crippen LogP contribution < -0.4 is 14.8 Å². The lowest BCUT2D eigenvalue weighted by atomic mass is 10.2. The second kappa shape index (κ2) is 8.31. The molecule has 1 aromatic heterocycles. The minimum Gasteiger partial charge on any atom is -0.493 e. The van der Waals surface area contributed by atoms with Gasteiger partial charge in [-0.15, -0.1) is 11.3 Å². The maximum atomic E-state index is 13.7. The first kappa shape index (κ1) is 17.7. The van der Waals surface area contributed by atoms with Crippen LogP contribution in [0.5, 0.6) is 11.5 Å². The summed E-state index contributed by atoms with van der Waals surface area (Å²) in [5, 5.41) is 6.02. The number of hydrogen-bond donors (Lipinski definition) is 1. The Bertz CT molecular complexity index is 843. The number of methoxy groups -OCH3 is 1. The van der Waals surface area contributed by atoms with Crippen LogP contribution in [0.3, 0.4) is 0 Å². The zero-order valence-corrected chi connectivity index (χ0v) is 15.9. The number of nitrogens with one attached hydrogen (secondary N) is 1. The van der Waals surface area contributed by atoms with E-state index in [1.54, 1.807) is 31.5 Å². The number of anilines is 1. The molecule has 0 aliphatic rings. The van der Waals surface area contributed by atoms with Crippen LogP contribution in [-0.2, 0) is 13.2 Å². The Morgan fingerprint density at radius 2 is 2.04 bits per heavy atom. The van der Waals surface area contributed by atoms with Gasteiger partial charge in [-0.1, -0.05) is 34.1 Å². The van der Waals surface area contributed by atoms with E-state index >= 15 is 0 Å². The maximum Gasteiger partial charge on any atom is 0.182 e. The highest BCUT2D eigenvalue weighted by atomic mass is 79.9. The van der Waals surface area contributed by atoms with Gasteiger partial charge in [-0.05, 0) is 23.8 Å². The Balaban J connectivity index is 1.73. The summed E-state index contributed by atoms with van der Waals surface area (Å²) in [7, 11) is 1.58. The molecule has 0 saturated carbocycles. The highest BCUT2D eigenvalue weighted by Crippen LogP contribution is 2.34. The molecule has 0 atom stereocenters. The van der Waals surface area contributed by atoms with E-state index in [1.807, 2.05) is 17.5 Å². The molecule has 1 heterocycles. The summed E-state index contributed by atoms with van der Waals surface area (Å²) in [5.74, 6) is 0.857. The van der Waals surface area contributed by atoms with Gasteiger partial charge in [0.05, 0.1) is 7.11 Å². The van der Waals surface area contributed by atoms with E-state index < -0.39 is 0 Å². The second-order valence-electron chi connectivity index (χ2n) is 5.17. The van der Waals surface area contributed by atoms with Crippen LogP contribution in [0, 0.1) is 5.82 Å². The molecule has 4 nitrogen and oxygen atoms in total. The SMILES string of the molecule is COc1cc(CNc2nccs2)c(Br)cc1OCc1ccccc1F. The summed E-state index contributed by atoms with van der Waals surface area (Å²) < 4.78 is 25.8. The van der Waals surface area contributed by atoms with Gasteiger partial charge in [0.15, 0.2) is 16.6 Å². The van der Waals surface area contributed by atoms with Gasteiger partial charge < -0.3 is 14.8 Å². The van der Waals surface area contributed by atoms with Crippen LogP contribution >= 0.6 is 27.3 Å². The molecule has 0 amide bonds. The van der Waals surface area contributed by atoms with E-state index in [0.717, 1.165) is 15.2 Å². The van der Waals surface area contributed by atoms with Gasteiger partial charge in [-0.2, -0.15) is 0 Å². The number of nitrogens with zero attached hydrogens (tertiary/aromatic N) is 1. The van der Waals surface area contributed by atoms with Crippen LogP contribution in [0.25, 0.3) is 0 Å². The van der Waals surface area contributed by atoms with Crippen LogP contribution in [0.4, 0.5) is 9.52 Å². The summed E-state index contributed by atoms with van der Waals surface area (Å²) in [5.41, 5.74) is 1.50. The second-order valence-corrected chi connectivity index (χ2v) is 6.91. The zero-order valence-electron chi connectivity index (χ0n) is 13.5. The highest BCUT2D eigenvalue weighted by Gasteiger charge is 2.12. The van der Waals surface area contributed by atoms with Crippen LogP contribution in [0.1, 0.15) is 11.1 Å². The Morgan fingerprint density at radius 1 is 1.20 bits per heavy atom. The predicted molar refractivity (Wildman–Crippen MR) is 101 cm³/mol. The summed E-state index contributed by atoms with van der Waals surface area (Å²) in [6.07, 6.45) is 1.75. The van der Waals surface area contributed by atoms with Crippen molar-refractivity contribution in [2.45, 2.75) is 13.2 Å². The molecular weight excluding hydrogens is 407 g/mol. The number of rotatable bonds is 7. The minimum atomic E-state index is -0.287. The third-order valence-corrected chi connectivity index (χ3v) is 5.01. The van der Waals surface area contributed by atoms with Gasteiger partial charge in [-0.3, -0.25) is 0 Å². The summed E-state index contributed by atoms with van der Waals surface area (Å²) in [4.78, 5) is 4.19. The third kappa shape index (κ3) is 4.49. The molecule has 7 heteroatoms. The van der Waals surface area contributed by atoms with Crippen molar-refractivity contribution < 1.29 is 13.9 Å². The largest absolute Gasteiger partial charge is 0.493 e. The van der Waals surface area contributed by atoms with Gasteiger partial charge in [0.1, 0.15) is 12.4 Å². The molecule has 0 radical (unpaired) electrons. The van der Waals surface area contributed by atoms with Crippen LogP contribution in [-0.4, -0.2) is 12.1 Å². The summed E-state index contributed by atoms with van der Waals surface area (Å²) in [6, 6.07) is 10.3. The fourth-order valence-electron chi connectivity index (χ4n) is 2.24. The maximum absolute atomic E-state index is 13.7. The van der Waals surface area contributed by atoms with Crippen molar-refractivity contribution in [3.05, 3.63) is 69.4 Å². The Labute approximate surface area is 157 Å². The van der Waals surface area contributed by atoms with Crippen molar-refractivity contribution in [1.29, 1.82) is 0 Å². The van der Waals surface area contributed by atoms with E-state index in [1.165, 1.54) is 17.4 Å². The molecule has 0 spiro atoms. The smallest absolute Gasteiger partial charge is 0.182 e. The standard InChI is InChI=1S/C18H16BrFN2O2S/c1-23-16-8-13(10-22-18-21-6-7-25-18)14(19)9-17(16)24-11-12-4-2-3-5-15(12)20/h2-9H,10-11H2,1H3,(H,21,22). The van der Waals surface area contributed by atoms with Crippen molar-refractivity contribution in [3.8, 4) is 11.5 Å². The lowest BCUT2D eigenvalue weighted by Crippen LogP contribution is -2.03. The Morgan fingerprint density at radius 3 is 2.76 bits per heavy atom. The number of benzene rings is 2. The Kier molecular flexibility index (Phi) is 5.88. The van der Waals surface area contributed by atoms with Crippen molar-refractivity contribution in [1.82, 2.24) is 4.98 Å². The van der Waals surface area contributed by atoms with Gasteiger partial charge in [0.25, 0.3) is 0 Å². The normalized spacial score (nSPS) is 10.5.